The number of fused-ring (bicyclic) bond motifs is 1. The minimum Gasteiger partial charge on any atom is -0.394 e. The third-order valence-corrected chi connectivity index (χ3v) is 8.39. The highest BCUT2D eigenvalue weighted by Crippen LogP contribution is 2.25. The first kappa shape index (κ1) is 24.4. The lowest BCUT2D eigenvalue weighted by molar-refractivity contribution is 0.102. The van der Waals surface area contributed by atoms with Gasteiger partial charge in [0.25, 0.3) is 16.1 Å². The SMILES string of the molecule is C[C@H](CO)n1nnnc1-c1cccc(NC(=O)c2cc3c(cn2)CCN(S(=O)(=O)N2CCCC2)C3)n1. The predicted molar refractivity (Wildman–Crippen MR) is 129 cm³/mol. The Hall–Kier alpha value is -3.33. The Kier molecular flexibility index (Phi) is 6.75. The first-order valence-electron chi connectivity index (χ1n) is 11.8. The standard InChI is InChI=1S/C22H27N9O4S/c1-15(14-32)31-21(26-27-28-31)18-5-4-6-20(24-18)25-22(33)19-11-17-13-30(10-7-16(17)12-23-19)36(34,35)29-8-2-3-9-29/h4-6,11-12,15,32H,2-3,7-10,13-14H2,1H3,(H,24,25,33)/t15-/m1/s1. The molecule has 1 amide bonds. The summed E-state index contributed by atoms with van der Waals surface area (Å²) in [6.45, 7) is 3.32. The Morgan fingerprint density at radius 1 is 1.17 bits per heavy atom. The van der Waals surface area contributed by atoms with Gasteiger partial charge in [-0.3, -0.25) is 9.78 Å². The normalized spacial score (nSPS) is 17.6. The van der Waals surface area contributed by atoms with Crippen molar-refractivity contribution in [2.24, 2.45) is 0 Å². The third-order valence-electron chi connectivity index (χ3n) is 6.40. The summed E-state index contributed by atoms with van der Waals surface area (Å²) >= 11 is 0. The predicted octanol–water partition coefficient (Wildman–Crippen LogP) is 0.634. The van der Waals surface area contributed by atoms with E-state index >= 15 is 0 Å². The summed E-state index contributed by atoms with van der Waals surface area (Å²) in [4.78, 5) is 21.7. The van der Waals surface area contributed by atoms with E-state index in [1.807, 2.05) is 0 Å². The first-order valence-corrected chi connectivity index (χ1v) is 13.2. The van der Waals surface area contributed by atoms with E-state index in [4.69, 9.17) is 0 Å². The van der Waals surface area contributed by atoms with Crippen LogP contribution in [-0.4, -0.2) is 84.5 Å². The molecule has 190 valence electrons. The number of hydrogen-bond acceptors (Lipinski definition) is 9. The van der Waals surface area contributed by atoms with Gasteiger partial charge in [0.2, 0.25) is 5.82 Å². The second-order valence-electron chi connectivity index (χ2n) is 8.88. The van der Waals surface area contributed by atoms with Gasteiger partial charge in [-0.05, 0) is 65.9 Å². The molecule has 0 radical (unpaired) electrons. The van der Waals surface area contributed by atoms with Gasteiger partial charge < -0.3 is 10.4 Å². The number of aliphatic hydroxyl groups excluding tert-OH is 1. The number of aromatic nitrogens is 6. The highest BCUT2D eigenvalue weighted by molar-refractivity contribution is 7.86. The number of tetrazole rings is 1. The molecule has 5 rings (SSSR count). The summed E-state index contributed by atoms with van der Waals surface area (Å²) in [6.07, 6.45) is 3.94. The number of aliphatic hydroxyl groups is 1. The van der Waals surface area contributed by atoms with Crippen LogP contribution in [0, 0.1) is 0 Å². The van der Waals surface area contributed by atoms with E-state index in [1.165, 1.54) is 13.3 Å². The maximum atomic E-state index is 13.0. The molecule has 0 unspecified atom stereocenters. The lowest BCUT2D eigenvalue weighted by Gasteiger charge is -2.31. The lowest BCUT2D eigenvalue weighted by atomic mass is 10.0. The number of nitrogens with zero attached hydrogens (tertiary/aromatic N) is 8. The zero-order valence-corrected chi connectivity index (χ0v) is 20.6. The smallest absolute Gasteiger partial charge is 0.282 e. The van der Waals surface area contributed by atoms with Gasteiger partial charge in [0, 0.05) is 32.4 Å². The quantitative estimate of drug-likeness (QED) is 0.462. The van der Waals surface area contributed by atoms with E-state index in [0.717, 1.165) is 24.0 Å². The van der Waals surface area contributed by atoms with Crippen LogP contribution in [0.1, 0.15) is 47.4 Å². The third kappa shape index (κ3) is 4.72. The summed E-state index contributed by atoms with van der Waals surface area (Å²) in [7, 11) is -3.52. The summed E-state index contributed by atoms with van der Waals surface area (Å²) in [5, 5.41) is 23.7. The van der Waals surface area contributed by atoms with Crippen molar-refractivity contribution in [3.63, 3.8) is 0 Å². The second-order valence-corrected chi connectivity index (χ2v) is 10.8. The Morgan fingerprint density at radius 2 is 1.97 bits per heavy atom. The van der Waals surface area contributed by atoms with Crippen molar-refractivity contribution in [2.75, 3.05) is 31.6 Å². The molecule has 0 saturated carbocycles. The van der Waals surface area contributed by atoms with E-state index < -0.39 is 16.1 Å². The summed E-state index contributed by atoms with van der Waals surface area (Å²) in [6, 6.07) is 6.34. The van der Waals surface area contributed by atoms with Crippen LogP contribution in [0.2, 0.25) is 0 Å². The topological polar surface area (TPSA) is 159 Å². The number of carbonyl (C=O) groups is 1. The van der Waals surface area contributed by atoms with Gasteiger partial charge in [-0.2, -0.15) is 17.0 Å². The maximum Gasteiger partial charge on any atom is 0.282 e. The molecular formula is C22H27N9O4S. The van der Waals surface area contributed by atoms with E-state index in [-0.39, 0.29) is 30.7 Å². The maximum absolute atomic E-state index is 13.0. The molecule has 2 N–H and O–H groups in total. The molecule has 0 spiro atoms. The van der Waals surface area contributed by atoms with Crippen molar-refractivity contribution in [1.29, 1.82) is 0 Å². The molecule has 2 aliphatic rings. The van der Waals surface area contributed by atoms with Crippen molar-refractivity contribution in [3.8, 4) is 11.5 Å². The van der Waals surface area contributed by atoms with Crippen LogP contribution >= 0.6 is 0 Å². The second kappa shape index (κ2) is 9.97. The van der Waals surface area contributed by atoms with Crippen LogP contribution in [0.25, 0.3) is 11.5 Å². The molecule has 0 aromatic carbocycles. The molecule has 1 fully saturated rings. The Morgan fingerprint density at radius 3 is 2.75 bits per heavy atom. The van der Waals surface area contributed by atoms with E-state index in [1.54, 1.807) is 37.4 Å². The highest BCUT2D eigenvalue weighted by atomic mass is 32.2. The van der Waals surface area contributed by atoms with Crippen molar-refractivity contribution in [1.82, 2.24) is 38.8 Å². The molecular weight excluding hydrogens is 486 g/mol. The van der Waals surface area contributed by atoms with Gasteiger partial charge in [0.15, 0.2) is 0 Å². The van der Waals surface area contributed by atoms with Crippen LogP contribution in [0.3, 0.4) is 0 Å². The van der Waals surface area contributed by atoms with Crippen LogP contribution < -0.4 is 5.32 Å². The highest BCUT2D eigenvalue weighted by Gasteiger charge is 2.34. The van der Waals surface area contributed by atoms with E-state index in [2.05, 4.69) is 30.8 Å². The zero-order chi connectivity index (χ0) is 25.3. The molecule has 5 heterocycles. The fourth-order valence-electron chi connectivity index (χ4n) is 4.36. The van der Waals surface area contributed by atoms with Crippen molar-refractivity contribution in [2.45, 2.75) is 38.8 Å². The van der Waals surface area contributed by atoms with Crippen molar-refractivity contribution in [3.05, 3.63) is 47.3 Å². The van der Waals surface area contributed by atoms with E-state index in [9.17, 15) is 18.3 Å². The number of pyridine rings is 2. The Bertz CT molecular complexity index is 1370. The molecule has 2 aliphatic heterocycles. The average Bonchev–Trinajstić information content (AvgIpc) is 3.61. The zero-order valence-electron chi connectivity index (χ0n) is 19.8. The summed E-state index contributed by atoms with van der Waals surface area (Å²) in [5.41, 5.74) is 2.30. The van der Waals surface area contributed by atoms with Crippen LogP contribution in [0.5, 0.6) is 0 Å². The molecule has 0 aliphatic carbocycles. The molecule has 14 heteroatoms. The fraction of sp³-hybridized carbons (Fsp3) is 0.455. The molecule has 1 saturated heterocycles. The Balaban J connectivity index is 1.33. The molecule has 3 aromatic rings. The largest absolute Gasteiger partial charge is 0.394 e. The number of hydrogen-bond donors (Lipinski definition) is 2. The van der Waals surface area contributed by atoms with Gasteiger partial charge in [-0.15, -0.1) is 5.10 Å². The molecule has 3 aromatic heterocycles. The summed E-state index contributed by atoms with van der Waals surface area (Å²) in [5.74, 6) is 0.172. The number of rotatable bonds is 7. The number of anilines is 1. The molecule has 0 bridgehead atoms. The average molecular weight is 514 g/mol. The monoisotopic (exact) mass is 513 g/mol. The van der Waals surface area contributed by atoms with Gasteiger partial charge >= 0.3 is 0 Å². The lowest BCUT2D eigenvalue weighted by Crippen LogP contribution is -2.44. The van der Waals surface area contributed by atoms with Gasteiger partial charge in [0.05, 0.1) is 12.6 Å². The number of amides is 1. The van der Waals surface area contributed by atoms with Crippen LogP contribution in [0.4, 0.5) is 5.82 Å². The summed E-state index contributed by atoms with van der Waals surface area (Å²) < 4.78 is 30.4. The first-order chi connectivity index (χ1) is 17.4. The van der Waals surface area contributed by atoms with Gasteiger partial charge in [-0.1, -0.05) is 6.07 Å². The van der Waals surface area contributed by atoms with E-state index in [0.29, 0.717) is 37.6 Å². The van der Waals surface area contributed by atoms with Crippen LogP contribution in [-0.2, 0) is 23.2 Å². The van der Waals surface area contributed by atoms with Crippen molar-refractivity contribution < 1.29 is 18.3 Å². The van der Waals surface area contributed by atoms with Crippen LogP contribution in [0.15, 0.2) is 30.5 Å². The Labute approximate surface area is 208 Å². The van der Waals surface area contributed by atoms with Gasteiger partial charge in [-0.25, -0.2) is 9.67 Å². The fourth-order valence-corrected chi connectivity index (χ4v) is 6.03. The van der Waals surface area contributed by atoms with Crippen molar-refractivity contribution >= 4 is 21.9 Å². The number of carbonyl (C=O) groups excluding carboxylic acids is 1. The number of nitrogens with one attached hydrogen (secondary N) is 1. The molecule has 36 heavy (non-hydrogen) atoms. The molecule has 13 nitrogen and oxygen atoms in total. The minimum absolute atomic E-state index is 0.144. The molecule has 1 atom stereocenters. The van der Waals surface area contributed by atoms with Gasteiger partial charge in [0.1, 0.15) is 17.2 Å². The minimum atomic E-state index is -3.52.